The van der Waals surface area contributed by atoms with Crippen LogP contribution in [-0.4, -0.2) is 18.2 Å². The summed E-state index contributed by atoms with van der Waals surface area (Å²) in [7, 11) is 0. The number of rotatable bonds is 3. The van der Waals surface area contributed by atoms with E-state index in [9.17, 15) is 5.11 Å². The molecule has 2 heteroatoms. The Morgan fingerprint density at radius 3 is 2.72 bits per heavy atom. The van der Waals surface area contributed by atoms with Gasteiger partial charge in [0.05, 0.1) is 6.10 Å². The average Bonchev–Trinajstić information content (AvgIpc) is 2.37. The van der Waals surface area contributed by atoms with E-state index in [0.717, 1.165) is 31.0 Å². The third kappa shape index (κ3) is 2.45. The van der Waals surface area contributed by atoms with Gasteiger partial charge in [-0.15, -0.1) is 0 Å². The van der Waals surface area contributed by atoms with Crippen molar-refractivity contribution in [1.82, 2.24) is 5.32 Å². The fraction of sp³-hybridized carbons (Fsp3) is 0.625. The fourth-order valence-electron chi connectivity index (χ4n) is 3.16. The van der Waals surface area contributed by atoms with Crippen LogP contribution in [0.5, 0.6) is 0 Å². The van der Waals surface area contributed by atoms with Crippen LogP contribution in [0.2, 0.25) is 0 Å². The second-order valence-electron chi connectivity index (χ2n) is 5.85. The molecule has 2 nitrogen and oxygen atoms in total. The van der Waals surface area contributed by atoms with Crippen molar-refractivity contribution < 1.29 is 5.11 Å². The Morgan fingerprint density at radius 1 is 1.17 bits per heavy atom. The van der Waals surface area contributed by atoms with Crippen molar-refractivity contribution in [3.05, 3.63) is 35.4 Å². The van der Waals surface area contributed by atoms with Gasteiger partial charge in [-0.3, -0.25) is 0 Å². The summed E-state index contributed by atoms with van der Waals surface area (Å²) in [6.45, 7) is 2.06. The summed E-state index contributed by atoms with van der Waals surface area (Å²) < 4.78 is 0. The summed E-state index contributed by atoms with van der Waals surface area (Å²) in [6.07, 6.45) is 6.04. The van der Waals surface area contributed by atoms with Crippen LogP contribution in [-0.2, 0) is 0 Å². The van der Waals surface area contributed by atoms with Crippen molar-refractivity contribution in [2.75, 3.05) is 13.1 Å². The minimum Gasteiger partial charge on any atom is -0.388 e. The molecule has 2 unspecified atom stereocenters. The molecule has 0 amide bonds. The van der Waals surface area contributed by atoms with Crippen molar-refractivity contribution in [2.45, 2.75) is 44.1 Å². The summed E-state index contributed by atoms with van der Waals surface area (Å²) in [5, 5.41) is 13.9. The fourth-order valence-corrected chi connectivity index (χ4v) is 3.16. The van der Waals surface area contributed by atoms with Gasteiger partial charge < -0.3 is 10.4 Å². The maximum Gasteiger partial charge on any atom is 0.0830 e. The summed E-state index contributed by atoms with van der Waals surface area (Å²) in [5.74, 6) is 1.14. The number of nitrogens with one attached hydrogen (secondary N) is 1. The minimum absolute atomic E-state index is 0.294. The first-order valence-electron chi connectivity index (χ1n) is 7.33. The molecule has 1 aromatic rings. The molecule has 1 aliphatic heterocycles. The zero-order valence-electron chi connectivity index (χ0n) is 10.9. The van der Waals surface area contributed by atoms with Gasteiger partial charge >= 0.3 is 0 Å². The maximum atomic E-state index is 10.5. The quantitative estimate of drug-likeness (QED) is 0.858. The largest absolute Gasteiger partial charge is 0.388 e. The Balaban J connectivity index is 1.73. The molecule has 0 bridgehead atoms. The summed E-state index contributed by atoms with van der Waals surface area (Å²) in [5.41, 5.74) is 2.55. The summed E-state index contributed by atoms with van der Waals surface area (Å²) in [6, 6.07) is 8.66. The monoisotopic (exact) mass is 245 g/mol. The second-order valence-corrected chi connectivity index (χ2v) is 5.85. The standard InChI is InChI=1S/C16H23NO/c18-16(15-8-3-9-17-11-15)14-7-2-6-13(10-14)12-4-1-5-12/h2,6-7,10,12,15-18H,1,3-5,8-9,11H2. The summed E-state index contributed by atoms with van der Waals surface area (Å²) in [4.78, 5) is 0. The van der Waals surface area contributed by atoms with Crippen LogP contribution in [0.3, 0.4) is 0 Å². The number of aliphatic hydroxyl groups excluding tert-OH is 1. The van der Waals surface area contributed by atoms with Crippen molar-refractivity contribution in [1.29, 1.82) is 0 Å². The molecule has 0 aromatic heterocycles. The molecule has 1 aromatic carbocycles. The van der Waals surface area contributed by atoms with Gasteiger partial charge in [0.15, 0.2) is 0 Å². The molecular formula is C16H23NO. The molecule has 2 fully saturated rings. The Hall–Kier alpha value is -0.860. The Bertz CT molecular complexity index is 394. The summed E-state index contributed by atoms with van der Waals surface area (Å²) >= 11 is 0. The number of aliphatic hydroxyl groups is 1. The van der Waals surface area contributed by atoms with Crippen LogP contribution in [0.1, 0.15) is 55.3 Å². The Labute approximate surface area is 109 Å². The molecule has 2 aliphatic rings. The first kappa shape index (κ1) is 12.2. The zero-order chi connectivity index (χ0) is 12.4. The predicted octanol–water partition coefficient (Wildman–Crippen LogP) is 2.99. The van der Waals surface area contributed by atoms with Crippen LogP contribution in [0.25, 0.3) is 0 Å². The molecule has 1 heterocycles. The molecule has 0 spiro atoms. The Kier molecular flexibility index (Phi) is 3.67. The van der Waals surface area contributed by atoms with Gasteiger partial charge in [0.1, 0.15) is 0 Å². The molecule has 2 N–H and O–H groups in total. The van der Waals surface area contributed by atoms with Gasteiger partial charge in [-0.2, -0.15) is 0 Å². The van der Waals surface area contributed by atoms with Gasteiger partial charge in [0.25, 0.3) is 0 Å². The van der Waals surface area contributed by atoms with E-state index >= 15 is 0 Å². The molecular weight excluding hydrogens is 222 g/mol. The first-order valence-corrected chi connectivity index (χ1v) is 7.33. The van der Waals surface area contributed by atoms with Gasteiger partial charge in [-0.1, -0.05) is 30.7 Å². The van der Waals surface area contributed by atoms with E-state index in [-0.39, 0.29) is 6.10 Å². The molecule has 98 valence electrons. The van der Waals surface area contributed by atoms with Crippen LogP contribution >= 0.6 is 0 Å². The topological polar surface area (TPSA) is 32.3 Å². The lowest BCUT2D eigenvalue weighted by Crippen LogP contribution is -2.33. The molecule has 18 heavy (non-hydrogen) atoms. The van der Waals surface area contributed by atoms with E-state index in [4.69, 9.17) is 0 Å². The van der Waals surface area contributed by atoms with Crippen LogP contribution in [0.4, 0.5) is 0 Å². The SMILES string of the molecule is OC(c1cccc(C2CCC2)c1)C1CCCNC1. The molecule has 1 saturated heterocycles. The number of hydrogen-bond donors (Lipinski definition) is 2. The number of piperidine rings is 1. The first-order chi connectivity index (χ1) is 8.84. The van der Waals surface area contributed by atoms with Crippen molar-refractivity contribution in [3.63, 3.8) is 0 Å². The smallest absolute Gasteiger partial charge is 0.0830 e. The highest BCUT2D eigenvalue weighted by molar-refractivity contribution is 5.29. The van der Waals surface area contributed by atoms with E-state index in [2.05, 4.69) is 29.6 Å². The van der Waals surface area contributed by atoms with Gasteiger partial charge in [0.2, 0.25) is 0 Å². The van der Waals surface area contributed by atoms with Gasteiger partial charge in [-0.25, -0.2) is 0 Å². The lowest BCUT2D eigenvalue weighted by molar-refractivity contribution is 0.0920. The third-order valence-electron chi connectivity index (χ3n) is 4.61. The normalized spacial score (nSPS) is 26.6. The van der Waals surface area contributed by atoms with Gasteiger partial charge in [0, 0.05) is 12.5 Å². The van der Waals surface area contributed by atoms with Crippen LogP contribution < -0.4 is 5.32 Å². The van der Waals surface area contributed by atoms with Gasteiger partial charge in [-0.05, 0) is 49.3 Å². The van der Waals surface area contributed by atoms with Crippen molar-refractivity contribution >= 4 is 0 Å². The van der Waals surface area contributed by atoms with E-state index < -0.39 is 0 Å². The third-order valence-corrected chi connectivity index (χ3v) is 4.61. The molecule has 0 radical (unpaired) electrons. The van der Waals surface area contributed by atoms with E-state index in [1.54, 1.807) is 0 Å². The van der Waals surface area contributed by atoms with E-state index in [0.29, 0.717) is 5.92 Å². The lowest BCUT2D eigenvalue weighted by Gasteiger charge is -2.29. The van der Waals surface area contributed by atoms with Crippen LogP contribution in [0, 0.1) is 5.92 Å². The van der Waals surface area contributed by atoms with E-state index in [1.807, 2.05) is 0 Å². The molecule has 1 saturated carbocycles. The van der Waals surface area contributed by atoms with Crippen LogP contribution in [0.15, 0.2) is 24.3 Å². The maximum absolute atomic E-state index is 10.5. The zero-order valence-corrected chi connectivity index (χ0v) is 10.9. The molecule has 2 atom stereocenters. The lowest BCUT2D eigenvalue weighted by atomic mass is 9.79. The number of hydrogen-bond acceptors (Lipinski definition) is 2. The highest BCUT2D eigenvalue weighted by atomic mass is 16.3. The van der Waals surface area contributed by atoms with Crippen molar-refractivity contribution in [3.8, 4) is 0 Å². The Morgan fingerprint density at radius 2 is 2.06 bits per heavy atom. The minimum atomic E-state index is -0.294. The van der Waals surface area contributed by atoms with E-state index in [1.165, 1.54) is 31.2 Å². The highest BCUT2D eigenvalue weighted by Crippen LogP contribution is 2.37. The highest BCUT2D eigenvalue weighted by Gasteiger charge is 2.24. The van der Waals surface area contributed by atoms with Crippen molar-refractivity contribution in [2.24, 2.45) is 5.92 Å². The molecule has 1 aliphatic carbocycles. The average molecular weight is 245 g/mol. The molecule has 3 rings (SSSR count). The predicted molar refractivity (Wildman–Crippen MR) is 73.6 cm³/mol. The number of benzene rings is 1. The second kappa shape index (κ2) is 5.41.